The van der Waals surface area contributed by atoms with Crippen LogP contribution in [0.5, 0.6) is 0 Å². The monoisotopic (exact) mass is 376 g/mol. The number of carboxylic acid groups (broad SMARTS) is 1. The van der Waals surface area contributed by atoms with Gasteiger partial charge in [0.25, 0.3) is 0 Å². The molecule has 0 spiro atoms. The predicted molar refractivity (Wildman–Crippen MR) is 113 cm³/mol. The van der Waals surface area contributed by atoms with E-state index in [0.717, 1.165) is 45.3 Å². The first-order chi connectivity index (χ1) is 13.7. The van der Waals surface area contributed by atoms with Crippen LogP contribution in [0.4, 0.5) is 11.4 Å². The lowest BCUT2D eigenvalue weighted by atomic mass is 9.98. The summed E-state index contributed by atoms with van der Waals surface area (Å²) >= 11 is 0. The number of aliphatic carboxylic acids is 1. The van der Waals surface area contributed by atoms with Crippen molar-refractivity contribution in [1.29, 1.82) is 0 Å². The zero-order valence-corrected chi connectivity index (χ0v) is 16.3. The van der Waals surface area contributed by atoms with Crippen LogP contribution in [-0.2, 0) is 17.6 Å². The third-order valence-electron chi connectivity index (χ3n) is 5.90. The summed E-state index contributed by atoms with van der Waals surface area (Å²) in [6, 6.07) is 17.4. The lowest BCUT2D eigenvalue weighted by Crippen LogP contribution is -2.38. The maximum absolute atomic E-state index is 11.3. The Morgan fingerprint density at radius 1 is 0.964 bits per heavy atom. The SMILES string of the molecule is O=C(O)C1CCCN(C/C=C\CN2c3ccccc3CCc3ccccc32)C1. The number of aryl methyl sites for hydroxylation is 2. The molecule has 1 fully saturated rings. The highest BCUT2D eigenvalue weighted by atomic mass is 16.4. The van der Waals surface area contributed by atoms with Crippen LogP contribution in [0.1, 0.15) is 24.0 Å². The Hall–Kier alpha value is -2.59. The van der Waals surface area contributed by atoms with Crippen molar-refractivity contribution in [3.63, 3.8) is 0 Å². The van der Waals surface area contributed by atoms with E-state index in [2.05, 4.69) is 70.5 Å². The quantitative estimate of drug-likeness (QED) is 0.791. The molecule has 2 aliphatic rings. The molecule has 1 saturated heterocycles. The van der Waals surface area contributed by atoms with E-state index in [4.69, 9.17) is 0 Å². The Labute approximate surface area is 167 Å². The molecule has 4 rings (SSSR count). The molecule has 2 aromatic rings. The Morgan fingerprint density at radius 2 is 1.57 bits per heavy atom. The first-order valence-corrected chi connectivity index (χ1v) is 10.3. The Kier molecular flexibility index (Phi) is 5.77. The molecule has 0 radical (unpaired) electrons. The zero-order chi connectivity index (χ0) is 19.3. The van der Waals surface area contributed by atoms with Crippen molar-refractivity contribution in [1.82, 2.24) is 4.90 Å². The second-order valence-electron chi connectivity index (χ2n) is 7.78. The summed E-state index contributed by atoms with van der Waals surface area (Å²) < 4.78 is 0. The van der Waals surface area contributed by atoms with Gasteiger partial charge in [0.15, 0.2) is 0 Å². The molecule has 1 unspecified atom stereocenters. The topological polar surface area (TPSA) is 43.8 Å². The van der Waals surface area contributed by atoms with E-state index in [0.29, 0.717) is 6.54 Å². The van der Waals surface area contributed by atoms with Crippen LogP contribution in [-0.4, -0.2) is 42.2 Å². The van der Waals surface area contributed by atoms with Gasteiger partial charge in [-0.3, -0.25) is 9.69 Å². The van der Waals surface area contributed by atoms with E-state index in [1.165, 1.54) is 22.5 Å². The maximum Gasteiger partial charge on any atom is 0.307 e. The van der Waals surface area contributed by atoms with Crippen molar-refractivity contribution >= 4 is 17.3 Å². The number of para-hydroxylation sites is 2. The summed E-state index contributed by atoms with van der Waals surface area (Å²) in [7, 11) is 0. The van der Waals surface area contributed by atoms with Gasteiger partial charge in [0.2, 0.25) is 0 Å². The third-order valence-corrected chi connectivity index (χ3v) is 5.90. The molecule has 4 nitrogen and oxygen atoms in total. The summed E-state index contributed by atoms with van der Waals surface area (Å²) in [5.41, 5.74) is 5.38. The van der Waals surface area contributed by atoms with Gasteiger partial charge in [-0.2, -0.15) is 0 Å². The van der Waals surface area contributed by atoms with Crippen LogP contribution in [0.25, 0.3) is 0 Å². The number of rotatable bonds is 5. The second kappa shape index (κ2) is 8.61. The number of hydrogen-bond donors (Lipinski definition) is 1. The van der Waals surface area contributed by atoms with Gasteiger partial charge >= 0.3 is 5.97 Å². The summed E-state index contributed by atoms with van der Waals surface area (Å²) in [5.74, 6) is -0.877. The van der Waals surface area contributed by atoms with Gasteiger partial charge in [-0.1, -0.05) is 48.6 Å². The highest BCUT2D eigenvalue weighted by Crippen LogP contribution is 2.35. The fourth-order valence-corrected chi connectivity index (χ4v) is 4.39. The van der Waals surface area contributed by atoms with Gasteiger partial charge in [-0.05, 0) is 55.5 Å². The third kappa shape index (κ3) is 4.12. The summed E-state index contributed by atoms with van der Waals surface area (Å²) in [6.07, 6.45) is 8.33. The molecule has 1 atom stereocenters. The molecule has 4 heteroatoms. The molecule has 146 valence electrons. The molecule has 2 aliphatic heterocycles. The molecule has 2 heterocycles. The van der Waals surface area contributed by atoms with Gasteiger partial charge in [0.05, 0.1) is 5.92 Å². The van der Waals surface area contributed by atoms with Crippen LogP contribution < -0.4 is 4.90 Å². The molecule has 2 aromatic carbocycles. The van der Waals surface area contributed by atoms with Crippen molar-refractivity contribution in [3.8, 4) is 0 Å². The average molecular weight is 377 g/mol. The molecule has 0 aromatic heterocycles. The molecule has 0 saturated carbocycles. The predicted octanol–water partition coefficient (Wildman–Crippen LogP) is 4.28. The van der Waals surface area contributed by atoms with Crippen molar-refractivity contribution in [3.05, 3.63) is 71.8 Å². The van der Waals surface area contributed by atoms with Gasteiger partial charge < -0.3 is 10.0 Å². The highest BCUT2D eigenvalue weighted by Gasteiger charge is 2.24. The van der Waals surface area contributed by atoms with Gasteiger partial charge in [0, 0.05) is 31.0 Å². The van der Waals surface area contributed by atoms with Crippen LogP contribution in [0.2, 0.25) is 0 Å². The van der Waals surface area contributed by atoms with Crippen molar-refractivity contribution in [2.24, 2.45) is 5.92 Å². The molecule has 1 N–H and O–H groups in total. The minimum Gasteiger partial charge on any atom is -0.481 e. The summed E-state index contributed by atoms with van der Waals surface area (Å²) in [4.78, 5) is 15.9. The number of likely N-dealkylation sites (tertiary alicyclic amines) is 1. The van der Waals surface area contributed by atoms with Crippen molar-refractivity contribution in [2.45, 2.75) is 25.7 Å². The minimum atomic E-state index is -0.661. The fourth-order valence-electron chi connectivity index (χ4n) is 4.39. The van der Waals surface area contributed by atoms with Crippen LogP contribution in [0, 0.1) is 5.92 Å². The van der Waals surface area contributed by atoms with E-state index >= 15 is 0 Å². The molecule has 28 heavy (non-hydrogen) atoms. The normalized spacial score (nSPS) is 19.9. The minimum absolute atomic E-state index is 0.216. The first kappa shape index (κ1) is 18.8. The molecule has 0 bridgehead atoms. The number of carbonyl (C=O) groups is 1. The van der Waals surface area contributed by atoms with Crippen molar-refractivity contribution in [2.75, 3.05) is 31.1 Å². The first-order valence-electron chi connectivity index (χ1n) is 10.3. The number of benzene rings is 2. The highest BCUT2D eigenvalue weighted by molar-refractivity contribution is 5.71. The molecule has 0 amide bonds. The number of nitrogens with zero attached hydrogens (tertiary/aromatic N) is 2. The molecule has 0 aliphatic carbocycles. The number of fused-ring (bicyclic) bond motifs is 2. The van der Waals surface area contributed by atoms with Crippen LogP contribution in [0.15, 0.2) is 60.7 Å². The second-order valence-corrected chi connectivity index (χ2v) is 7.78. The maximum atomic E-state index is 11.3. The van der Waals surface area contributed by atoms with E-state index in [1.807, 2.05) is 0 Å². The van der Waals surface area contributed by atoms with E-state index in [9.17, 15) is 9.90 Å². The van der Waals surface area contributed by atoms with Crippen LogP contribution in [0.3, 0.4) is 0 Å². The van der Waals surface area contributed by atoms with Gasteiger partial charge in [-0.25, -0.2) is 0 Å². The zero-order valence-electron chi connectivity index (χ0n) is 16.3. The standard InChI is InChI=1S/C24H28N2O2/c27-24(28)21-10-7-16-25(18-21)15-5-6-17-26-22-11-3-1-8-19(22)13-14-20-9-2-4-12-23(20)26/h1-6,8-9,11-12,21H,7,10,13-18H2,(H,27,28)/b6-5-. The molecular formula is C24H28N2O2. The van der Waals surface area contributed by atoms with E-state index < -0.39 is 5.97 Å². The Balaban J connectivity index is 1.47. The summed E-state index contributed by atoms with van der Waals surface area (Å²) in [6.45, 7) is 3.30. The van der Waals surface area contributed by atoms with E-state index in [-0.39, 0.29) is 5.92 Å². The fraction of sp³-hybridized carbons (Fsp3) is 0.375. The Morgan fingerprint density at radius 3 is 2.21 bits per heavy atom. The average Bonchev–Trinajstić information content (AvgIpc) is 2.88. The number of hydrogen-bond acceptors (Lipinski definition) is 3. The van der Waals surface area contributed by atoms with Crippen LogP contribution >= 0.6 is 0 Å². The van der Waals surface area contributed by atoms with Gasteiger partial charge in [0.1, 0.15) is 0 Å². The lowest BCUT2D eigenvalue weighted by molar-refractivity contribution is -0.143. The van der Waals surface area contributed by atoms with Gasteiger partial charge in [-0.15, -0.1) is 0 Å². The number of carboxylic acids is 1. The van der Waals surface area contributed by atoms with Crippen molar-refractivity contribution < 1.29 is 9.90 Å². The Bertz CT molecular complexity index is 814. The summed E-state index contributed by atoms with van der Waals surface area (Å²) in [5, 5.41) is 9.26. The smallest absolute Gasteiger partial charge is 0.307 e. The number of piperidine rings is 1. The largest absolute Gasteiger partial charge is 0.481 e. The lowest BCUT2D eigenvalue weighted by Gasteiger charge is -2.29. The number of anilines is 2. The van der Waals surface area contributed by atoms with E-state index in [1.54, 1.807) is 0 Å². The molecular weight excluding hydrogens is 348 g/mol.